The molecule has 0 fully saturated rings. The number of nitrogens with zero attached hydrogens (tertiary/aromatic N) is 2. The van der Waals surface area contributed by atoms with Crippen LogP contribution in [0.2, 0.25) is 0 Å². The van der Waals surface area contributed by atoms with Gasteiger partial charge in [0.2, 0.25) is 0 Å². The van der Waals surface area contributed by atoms with Gasteiger partial charge in [-0.05, 0) is 60.2 Å². The van der Waals surface area contributed by atoms with Crippen LogP contribution in [0.5, 0.6) is 0 Å². The van der Waals surface area contributed by atoms with Gasteiger partial charge >= 0.3 is 0 Å². The predicted molar refractivity (Wildman–Crippen MR) is 93.5 cm³/mol. The largest absolute Gasteiger partial charge is 0.374 e. The van der Waals surface area contributed by atoms with Gasteiger partial charge in [0.25, 0.3) is 0 Å². The molecule has 2 aliphatic heterocycles. The normalized spacial score (nSPS) is 18.0. The maximum atomic E-state index is 2.41. The van der Waals surface area contributed by atoms with Gasteiger partial charge in [-0.3, -0.25) is 0 Å². The van der Waals surface area contributed by atoms with E-state index in [1.54, 1.807) is 5.56 Å². The summed E-state index contributed by atoms with van der Waals surface area (Å²) < 4.78 is 0. The van der Waals surface area contributed by atoms with Gasteiger partial charge in [-0.25, -0.2) is 0 Å². The quantitative estimate of drug-likeness (QED) is 0.790. The lowest BCUT2D eigenvalue weighted by Crippen LogP contribution is -2.27. The molecular formula is C20H24N2. The Morgan fingerprint density at radius 2 is 1.82 bits per heavy atom. The second kappa shape index (κ2) is 5.44. The maximum absolute atomic E-state index is 2.41. The van der Waals surface area contributed by atoms with Crippen LogP contribution in [-0.2, 0) is 19.4 Å². The Morgan fingerprint density at radius 1 is 0.909 bits per heavy atom. The van der Waals surface area contributed by atoms with E-state index in [0.29, 0.717) is 0 Å². The molecule has 2 nitrogen and oxygen atoms in total. The standard InChI is InChI=1S/C20H24N2/c1-21-12-10-19-17(14-21)5-3-7-18(19)16-9-8-15-6-4-11-22(2)20(15)13-16/h3,5,7-9,13H,4,6,10-12,14H2,1-2H3. The van der Waals surface area contributed by atoms with Gasteiger partial charge in [0.1, 0.15) is 0 Å². The monoisotopic (exact) mass is 292 g/mol. The lowest BCUT2D eigenvalue weighted by Gasteiger charge is -2.29. The smallest absolute Gasteiger partial charge is 0.0402 e. The third kappa shape index (κ3) is 2.32. The highest BCUT2D eigenvalue weighted by atomic mass is 15.1. The Hall–Kier alpha value is -1.80. The second-order valence-corrected chi connectivity index (χ2v) is 6.80. The van der Waals surface area contributed by atoms with Gasteiger partial charge in [-0.1, -0.05) is 30.3 Å². The minimum Gasteiger partial charge on any atom is -0.374 e. The first-order valence-electron chi connectivity index (χ1n) is 8.36. The Balaban J connectivity index is 1.80. The molecule has 4 rings (SSSR count). The molecule has 0 atom stereocenters. The molecule has 0 aliphatic carbocycles. The van der Waals surface area contributed by atoms with Crippen molar-refractivity contribution in [2.24, 2.45) is 0 Å². The van der Waals surface area contributed by atoms with Crippen molar-refractivity contribution in [3.05, 3.63) is 53.1 Å². The molecule has 0 N–H and O–H groups in total. The van der Waals surface area contributed by atoms with E-state index >= 15 is 0 Å². The third-order valence-electron chi connectivity index (χ3n) is 5.20. The van der Waals surface area contributed by atoms with E-state index in [1.807, 2.05) is 0 Å². The second-order valence-electron chi connectivity index (χ2n) is 6.80. The van der Waals surface area contributed by atoms with Crippen molar-refractivity contribution < 1.29 is 0 Å². The Bertz CT molecular complexity index is 705. The van der Waals surface area contributed by atoms with Crippen LogP contribution in [0, 0.1) is 0 Å². The Labute approximate surface area is 133 Å². The van der Waals surface area contributed by atoms with Crippen molar-refractivity contribution in [1.29, 1.82) is 0 Å². The topological polar surface area (TPSA) is 6.48 Å². The molecule has 0 saturated heterocycles. The van der Waals surface area contributed by atoms with E-state index in [4.69, 9.17) is 0 Å². The van der Waals surface area contributed by atoms with Gasteiger partial charge in [-0.15, -0.1) is 0 Å². The Kier molecular flexibility index (Phi) is 3.42. The van der Waals surface area contributed by atoms with E-state index in [2.05, 4.69) is 60.3 Å². The van der Waals surface area contributed by atoms with Crippen molar-refractivity contribution in [2.75, 3.05) is 32.1 Å². The molecule has 0 bridgehead atoms. The van der Waals surface area contributed by atoms with Crippen LogP contribution in [0.4, 0.5) is 5.69 Å². The molecule has 0 spiro atoms. The Morgan fingerprint density at radius 3 is 2.73 bits per heavy atom. The van der Waals surface area contributed by atoms with E-state index in [9.17, 15) is 0 Å². The van der Waals surface area contributed by atoms with E-state index in [-0.39, 0.29) is 0 Å². The number of benzene rings is 2. The van der Waals surface area contributed by atoms with Crippen molar-refractivity contribution in [3.63, 3.8) is 0 Å². The number of fused-ring (bicyclic) bond motifs is 2. The van der Waals surface area contributed by atoms with Crippen LogP contribution in [0.1, 0.15) is 23.1 Å². The molecule has 22 heavy (non-hydrogen) atoms. The maximum Gasteiger partial charge on any atom is 0.0402 e. The lowest BCUT2D eigenvalue weighted by atomic mass is 9.89. The highest BCUT2D eigenvalue weighted by molar-refractivity contribution is 5.74. The van der Waals surface area contributed by atoms with Crippen LogP contribution in [0.15, 0.2) is 36.4 Å². The van der Waals surface area contributed by atoms with Crippen LogP contribution >= 0.6 is 0 Å². The fourth-order valence-corrected chi connectivity index (χ4v) is 3.95. The minimum atomic E-state index is 1.08. The molecular weight excluding hydrogens is 268 g/mol. The molecule has 0 unspecified atom stereocenters. The van der Waals surface area contributed by atoms with Gasteiger partial charge in [0, 0.05) is 32.4 Å². The first-order chi connectivity index (χ1) is 10.7. The van der Waals surface area contributed by atoms with E-state index < -0.39 is 0 Å². The number of hydrogen-bond donors (Lipinski definition) is 0. The molecule has 2 aliphatic rings. The highest BCUT2D eigenvalue weighted by Gasteiger charge is 2.19. The first-order valence-corrected chi connectivity index (χ1v) is 8.36. The summed E-state index contributed by atoms with van der Waals surface area (Å²) in [6.45, 7) is 3.41. The molecule has 0 amide bonds. The zero-order valence-electron chi connectivity index (χ0n) is 13.6. The average Bonchev–Trinajstić information content (AvgIpc) is 2.54. The van der Waals surface area contributed by atoms with Gasteiger partial charge in [0.15, 0.2) is 0 Å². The van der Waals surface area contributed by atoms with Crippen molar-refractivity contribution in [2.45, 2.75) is 25.8 Å². The molecule has 2 aromatic carbocycles. The molecule has 0 saturated carbocycles. The SMILES string of the molecule is CN1CCc2c(cccc2-c2ccc3c(c2)N(C)CCC3)C1. The van der Waals surface area contributed by atoms with Crippen molar-refractivity contribution in [3.8, 4) is 11.1 Å². The average molecular weight is 292 g/mol. The minimum absolute atomic E-state index is 1.08. The van der Waals surface area contributed by atoms with E-state index in [1.165, 1.54) is 47.3 Å². The van der Waals surface area contributed by atoms with Gasteiger partial charge in [0.05, 0.1) is 0 Å². The summed E-state index contributed by atoms with van der Waals surface area (Å²) in [5.74, 6) is 0. The van der Waals surface area contributed by atoms with Crippen LogP contribution in [-0.4, -0.2) is 32.1 Å². The summed E-state index contributed by atoms with van der Waals surface area (Å²) in [5.41, 5.74) is 8.80. The number of likely N-dealkylation sites (N-methyl/N-ethyl adjacent to an activating group) is 1. The zero-order valence-corrected chi connectivity index (χ0v) is 13.6. The summed E-state index contributed by atoms with van der Waals surface area (Å²) in [6.07, 6.45) is 3.66. The first kappa shape index (κ1) is 13.8. The third-order valence-corrected chi connectivity index (χ3v) is 5.20. The van der Waals surface area contributed by atoms with Crippen molar-refractivity contribution >= 4 is 5.69 Å². The molecule has 114 valence electrons. The molecule has 2 heterocycles. The summed E-state index contributed by atoms with van der Waals surface area (Å²) in [5, 5.41) is 0. The summed E-state index contributed by atoms with van der Waals surface area (Å²) in [7, 11) is 4.43. The number of aryl methyl sites for hydroxylation is 1. The van der Waals surface area contributed by atoms with Gasteiger partial charge in [-0.2, -0.15) is 0 Å². The lowest BCUT2D eigenvalue weighted by molar-refractivity contribution is 0.313. The zero-order chi connectivity index (χ0) is 15.1. The predicted octanol–water partition coefficient (Wildman–Crippen LogP) is 3.72. The molecule has 2 heteroatoms. The number of rotatable bonds is 1. The van der Waals surface area contributed by atoms with Crippen molar-refractivity contribution in [1.82, 2.24) is 4.90 Å². The molecule has 0 aromatic heterocycles. The van der Waals surface area contributed by atoms with Gasteiger partial charge < -0.3 is 9.80 Å². The highest BCUT2D eigenvalue weighted by Crippen LogP contribution is 2.35. The number of hydrogen-bond acceptors (Lipinski definition) is 2. The molecule has 2 aromatic rings. The van der Waals surface area contributed by atoms with E-state index in [0.717, 1.165) is 19.5 Å². The summed E-state index contributed by atoms with van der Waals surface area (Å²) in [6, 6.07) is 13.9. The van der Waals surface area contributed by atoms with Crippen LogP contribution in [0.3, 0.4) is 0 Å². The fourth-order valence-electron chi connectivity index (χ4n) is 3.95. The molecule has 0 radical (unpaired) electrons. The van der Waals surface area contributed by atoms with Crippen LogP contribution in [0.25, 0.3) is 11.1 Å². The number of anilines is 1. The fraction of sp³-hybridized carbons (Fsp3) is 0.400. The van der Waals surface area contributed by atoms with Crippen LogP contribution < -0.4 is 4.90 Å². The summed E-state index contributed by atoms with van der Waals surface area (Å²) in [4.78, 5) is 4.82. The summed E-state index contributed by atoms with van der Waals surface area (Å²) >= 11 is 0.